The van der Waals surface area contributed by atoms with Crippen LogP contribution in [0.2, 0.25) is 0 Å². The molecule has 166 valence electrons. The number of aryl methyl sites for hydroxylation is 1. The fourth-order valence-corrected chi connectivity index (χ4v) is 3.27. The largest absolute Gasteiger partial charge is 0.490 e. The molecule has 0 aliphatic rings. The minimum Gasteiger partial charge on any atom is -0.490 e. The first kappa shape index (κ1) is 21.9. The maximum absolute atomic E-state index is 12.0. The van der Waals surface area contributed by atoms with Crippen molar-refractivity contribution < 1.29 is 18.7 Å². The van der Waals surface area contributed by atoms with Gasteiger partial charge in [-0.05, 0) is 60.5 Å². The molecule has 0 fully saturated rings. The molecule has 3 aromatic carbocycles. The van der Waals surface area contributed by atoms with Crippen molar-refractivity contribution in [3.05, 3.63) is 106 Å². The van der Waals surface area contributed by atoms with Gasteiger partial charge in [-0.3, -0.25) is 4.79 Å². The number of carbonyl (C=O) groups is 1. The van der Waals surface area contributed by atoms with Crippen LogP contribution in [0.5, 0.6) is 11.5 Å². The van der Waals surface area contributed by atoms with Crippen LogP contribution in [0.15, 0.2) is 94.2 Å². The number of benzene rings is 3. The summed E-state index contributed by atoms with van der Waals surface area (Å²) in [4.78, 5) is 23.5. The number of amides is 1. The lowest BCUT2D eigenvalue weighted by molar-refractivity contribution is -0.111. The number of fused-ring (bicyclic) bond motifs is 1. The number of ether oxygens (including phenoxy) is 2. The summed E-state index contributed by atoms with van der Waals surface area (Å²) in [6.07, 6.45) is 3.23. The van der Waals surface area contributed by atoms with E-state index in [0.717, 1.165) is 22.2 Å². The van der Waals surface area contributed by atoms with Gasteiger partial charge in [0, 0.05) is 29.3 Å². The van der Waals surface area contributed by atoms with Crippen LogP contribution in [-0.4, -0.2) is 19.1 Å². The van der Waals surface area contributed by atoms with Gasteiger partial charge in [-0.1, -0.05) is 30.3 Å². The molecule has 0 saturated carbocycles. The molecule has 1 N–H and O–H groups in total. The van der Waals surface area contributed by atoms with Gasteiger partial charge < -0.3 is 19.2 Å². The Bertz CT molecular complexity index is 1320. The average molecular weight is 441 g/mol. The molecule has 0 saturated heterocycles. The molecule has 1 amide bonds. The monoisotopic (exact) mass is 441 g/mol. The summed E-state index contributed by atoms with van der Waals surface area (Å²) in [5.41, 5.74) is 2.62. The predicted molar refractivity (Wildman–Crippen MR) is 129 cm³/mol. The Balaban J connectivity index is 1.24. The zero-order valence-electron chi connectivity index (χ0n) is 18.1. The third-order valence-corrected chi connectivity index (χ3v) is 4.89. The van der Waals surface area contributed by atoms with Crippen molar-refractivity contribution in [2.45, 2.75) is 6.92 Å². The van der Waals surface area contributed by atoms with Gasteiger partial charge in [0.25, 0.3) is 0 Å². The van der Waals surface area contributed by atoms with Gasteiger partial charge in [0.1, 0.15) is 30.3 Å². The first-order valence-corrected chi connectivity index (χ1v) is 10.5. The molecule has 1 heterocycles. The maximum atomic E-state index is 12.0. The molecule has 0 radical (unpaired) electrons. The normalized spacial score (nSPS) is 10.9. The molecule has 0 bridgehead atoms. The molecule has 4 aromatic rings. The summed E-state index contributed by atoms with van der Waals surface area (Å²) in [6.45, 7) is 2.56. The minimum absolute atomic E-state index is 0.193. The molecule has 0 atom stereocenters. The van der Waals surface area contributed by atoms with Crippen molar-refractivity contribution in [2.75, 3.05) is 18.5 Å². The van der Waals surface area contributed by atoms with E-state index in [1.165, 1.54) is 12.1 Å². The van der Waals surface area contributed by atoms with Crippen LogP contribution in [0.25, 0.3) is 17.0 Å². The number of rotatable bonds is 8. The SMILES string of the molecule is Cc1cc(=O)oc2cc(OCCOc3ccc(/C=C/C(=O)Nc4ccccc4)cc3)ccc12. The molecule has 1 aromatic heterocycles. The van der Waals surface area contributed by atoms with Crippen molar-refractivity contribution in [2.24, 2.45) is 0 Å². The standard InChI is InChI=1S/C27H23NO5/c1-19-17-27(30)33-25-18-23(12-13-24(19)25)32-16-15-31-22-10-7-20(8-11-22)9-14-26(29)28-21-5-3-2-4-6-21/h2-14,17-18H,15-16H2,1H3,(H,28,29)/b14-9+. The topological polar surface area (TPSA) is 77.8 Å². The van der Waals surface area contributed by atoms with Crippen LogP contribution in [0, 0.1) is 6.92 Å². The summed E-state index contributed by atoms with van der Waals surface area (Å²) >= 11 is 0. The van der Waals surface area contributed by atoms with Crippen molar-refractivity contribution in [1.82, 2.24) is 0 Å². The second-order valence-electron chi connectivity index (χ2n) is 7.36. The highest BCUT2D eigenvalue weighted by Crippen LogP contribution is 2.22. The lowest BCUT2D eigenvalue weighted by Gasteiger charge is -2.09. The number of hydrogen-bond acceptors (Lipinski definition) is 5. The molecule has 0 aliphatic carbocycles. The maximum Gasteiger partial charge on any atom is 0.336 e. The lowest BCUT2D eigenvalue weighted by Crippen LogP contribution is -2.09. The molecule has 6 heteroatoms. The summed E-state index contributed by atoms with van der Waals surface area (Å²) in [5, 5.41) is 3.68. The van der Waals surface area contributed by atoms with Gasteiger partial charge in [-0.2, -0.15) is 0 Å². The van der Waals surface area contributed by atoms with E-state index in [0.29, 0.717) is 30.3 Å². The number of anilines is 1. The number of hydrogen-bond donors (Lipinski definition) is 1. The van der Waals surface area contributed by atoms with E-state index < -0.39 is 0 Å². The van der Waals surface area contributed by atoms with Gasteiger partial charge in [0.2, 0.25) is 5.91 Å². The fourth-order valence-electron chi connectivity index (χ4n) is 3.27. The number of nitrogens with one attached hydrogen (secondary N) is 1. The van der Waals surface area contributed by atoms with Crippen molar-refractivity contribution in [3.63, 3.8) is 0 Å². The molecule has 0 spiro atoms. The van der Waals surface area contributed by atoms with Crippen molar-refractivity contribution >= 4 is 28.6 Å². The quantitative estimate of drug-likeness (QED) is 0.231. The van der Waals surface area contributed by atoms with Crippen molar-refractivity contribution in [1.29, 1.82) is 0 Å². The van der Waals surface area contributed by atoms with Crippen LogP contribution in [0.4, 0.5) is 5.69 Å². The van der Waals surface area contributed by atoms with Crippen LogP contribution in [-0.2, 0) is 4.79 Å². The average Bonchev–Trinajstić information content (AvgIpc) is 2.81. The summed E-state index contributed by atoms with van der Waals surface area (Å²) in [7, 11) is 0. The highest BCUT2D eigenvalue weighted by Gasteiger charge is 2.04. The smallest absolute Gasteiger partial charge is 0.336 e. The summed E-state index contributed by atoms with van der Waals surface area (Å²) in [6, 6.07) is 23.6. The Labute approximate surface area is 191 Å². The Morgan fingerprint density at radius 3 is 2.36 bits per heavy atom. The zero-order valence-corrected chi connectivity index (χ0v) is 18.1. The lowest BCUT2D eigenvalue weighted by atomic mass is 10.1. The van der Waals surface area contributed by atoms with E-state index >= 15 is 0 Å². The van der Waals surface area contributed by atoms with E-state index in [4.69, 9.17) is 13.9 Å². The third kappa shape index (κ3) is 6.11. The second-order valence-corrected chi connectivity index (χ2v) is 7.36. The first-order valence-electron chi connectivity index (χ1n) is 10.5. The van der Waals surface area contributed by atoms with Gasteiger partial charge >= 0.3 is 5.63 Å². The van der Waals surface area contributed by atoms with E-state index in [9.17, 15) is 9.59 Å². The zero-order chi connectivity index (χ0) is 23.0. The molecule has 0 aliphatic heterocycles. The van der Waals surface area contributed by atoms with E-state index in [1.807, 2.05) is 73.7 Å². The minimum atomic E-state index is -0.379. The predicted octanol–water partition coefficient (Wildman–Crippen LogP) is 5.21. The van der Waals surface area contributed by atoms with Crippen LogP contribution < -0.4 is 20.4 Å². The summed E-state index contributed by atoms with van der Waals surface area (Å²) in [5.74, 6) is 1.11. The summed E-state index contributed by atoms with van der Waals surface area (Å²) < 4.78 is 16.7. The highest BCUT2D eigenvalue weighted by atomic mass is 16.5. The van der Waals surface area contributed by atoms with Gasteiger partial charge in [0.05, 0.1) is 0 Å². The Morgan fingerprint density at radius 1 is 0.909 bits per heavy atom. The molecular formula is C27H23NO5. The molecule has 33 heavy (non-hydrogen) atoms. The molecule has 6 nitrogen and oxygen atoms in total. The highest BCUT2D eigenvalue weighted by molar-refractivity contribution is 6.01. The molecule has 4 rings (SSSR count). The fraction of sp³-hybridized carbons (Fsp3) is 0.111. The van der Waals surface area contributed by atoms with E-state index in [-0.39, 0.29) is 11.5 Å². The first-order chi connectivity index (χ1) is 16.1. The number of carbonyl (C=O) groups excluding carboxylic acids is 1. The van der Waals surface area contributed by atoms with E-state index in [1.54, 1.807) is 12.1 Å². The number of para-hydroxylation sites is 1. The van der Waals surface area contributed by atoms with Crippen LogP contribution in [0.3, 0.4) is 0 Å². The van der Waals surface area contributed by atoms with Gasteiger partial charge in [0.15, 0.2) is 0 Å². The Morgan fingerprint density at radius 2 is 1.61 bits per heavy atom. The second kappa shape index (κ2) is 10.3. The Kier molecular flexibility index (Phi) is 6.85. The third-order valence-electron chi connectivity index (χ3n) is 4.89. The molecule has 0 unspecified atom stereocenters. The van der Waals surface area contributed by atoms with Crippen molar-refractivity contribution in [3.8, 4) is 11.5 Å². The van der Waals surface area contributed by atoms with E-state index in [2.05, 4.69) is 5.32 Å². The Hall–Kier alpha value is -4.32. The van der Waals surface area contributed by atoms with Gasteiger partial charge in [-0.15, -0.1) is 0 Å². The van der Waals surface area contributed by atoms with Crippen LogP contribution >= 0.6 is 0 Å². The van der Waals surface area contributed by atoms with Crippen LogP contribution in [0.1, 0.15) is 11.1 Å². The van der Waals surface area contributed by atoms with Gasteiger partial charge in [-0.25, -0.2) is 4.79 Å². The molecular weight excluding hydrogens is 418 g/mol.